The molecule has 1 saturated heterocycles. The Kier molecular flexibility index (Phi) is 6.92. The van der Waals surface area contributed by atoms with Crippen molar-refractivity contribution in [1.29, 1.82) is 0 Å². The third kappa shape index (κ3) is 4.97. The van der Waals surface area contributed by atoms with E-state index in [1.54, 1.807) is 6.08 Å². The molecule has 4 nitrogen and oxygen atoms in total. The lowest BCUT2D eigenvalue weighted by molar-refractivity contribution is -0.128. The molecule has 2 rings (SSSR count). The van der Waals surface area contributed by atoms with Gasteiger partial charge in [-0.05, 0) is 47.1 Å². The molecule has 1 aromatic rings. The highest BCUT2D eigenvalue weighted by Gasteiger charge is 2.32. The Morgan fingerprint density at radius 1 is 1.22 bits per heavy atom. The normalized spacial score (nSPS) is 17.0. The Labute approximate surface area is 146 Å². The zero-order valence-electron chi connectivity index (χ0n) is 13.3. The Morgan fingerprint density at radius 3 is 2.65 bits per heavy atom. The van der Waals surface area contributed by atoms with Gasteiger partial charge in [0.15, 0.2) is 5.11 Å². The van der Waals surface area contributed by atoms with Gasteiger partial charge in [-0.25, -0.2) is 0 Å². The minimum atomic E-state index is -0.412. The van der Waals surface area contributed by atoms with E-state index < -0.39 is 5.91 Å². The van der Waals surface area contributed by atoms with E-state index in [-0.39, 0.29) is 16.6 Å². The molecule has 0 aromatic carbocycles. The molecular formula is C17H22N2O2S2. The number of unbranched alkanes of at least 4 members (excludes halogenated alkanes) is 5. The largest absolute Gasteiger partial charge is 0.298 e. The van der Waals surface area contributed by atoms with Crippen LogP contribution in [0.2, 0.25) is 0 Å². The van der Waals surface area contributed by atoms with E-state index in [4.69, 9.17) is 12.2 Å². The number of thiocarbonyl (C=S) groups is 1. The SMILES string of the molecule is CCCCCCCCN1C(=O)C(=Cc2ccsc2)C(=O)NC1=S. The van der Waals surface area contributed by atoms with Gasteiger partial charge in [0.1, 0.15) is 5.57 Å². The second kappa shape index (κ2) is 8.93. The first-order valence-electron chi connectivity index (χ1n) is 8.04. The molecule has 0 aliphatic carbocycles. The van der Waals surface area contributed by atoms with Gasteiger partial charge in [-0.15, -0.1) is 0 Å². The summed E-state index contributed by atoms with van der Waals surface area (Å²) < 4.78 is 0. The minimum absolute atomic E-state index is 0.156. The molecule has 1 N–H and O–H groups in total. The van der Waals surface area contributed by atoms with Gasteiger partial charge in [-0.2, -0.15) is 11.3 Å². The fraction of sp³-hybridized carbons (Fsp3) is 0.471. The molecule has 0 bridgehead atoms. The van der Waals surface area contributed by atoms with Crippen LogP contribution in [0, 0.1) is 0 Å². The minimum Gasteiger partial charge on any atom is -0.298 e. The number of thiophene rings is 1. The molecule has 0 radical (unpaired) electrons. The van der Waals surface area contributed by atoms with E-state index in [1.165, 1.54) is 41.9 Å². The monoisotopic (exact) mass is 350 g/mol. The highest BCUT2D eigenvalue weighted by molar-refractivity contribution is 7.80. The highest BCUT2D eigenvalue weighted by Crippen LogP contribution is 2.17. The van der Waals surface area contributed by atoms with E-state index in [9.17, 15) is 9.59 Å². The molecule has 6 heteroatoms. The zero-order valence-corrected chi connectivity index (χ0v) is 15.0. The summed E-state index contributed by atoms with van der Waals surface area (Å²) >= 11 is 6.68. The number of nitrogens with zero attached hydrogens (tertiary/aromatic N) is 1. The average molecular weight is 351 g/mol. The molecule has 1 fully saturated rings. The van der Waals surface area contributed by atoms with Crippen molar-refractivity contribution in [3.8, 4) is 0 Å². The lowest BCUT2D eigenvalue weighted by Crippen LogP contribution is -2.54. The van der Waals surface area contributed by atoms with Crippen LogP contribution in [0.15, 0.2) is 22.4 Å². The van der Waals surface area contributed by atoms with Gasteiger partial charge in [-0.3, -0.25) is 19.8 Å². The van der Waals surface area contributed by atoms with E-state index in [0.29, 0.717) is 6.54 Å². The topological polar surface area (TPSA) is 49.4 Å². The Bertz CT molecular complexity index is 594. The zero-order chi connectivity index (χ0) is 16.7. The van der Waals surface area contributed by atoms with Crippen molar-refractivity contribution < 1.29 is 9.59 Å². The van der Waals surface area contributed by atoms with Gasteiger partial charge < -0.3 is 0 Å². The van der Waals surface area contributed by atoms with Crippen molar-refractivity contribution in [2.75, 3.05) is 6.54 Å². The summed E-state index contributed by atoms with van der Waals surface area (Å²) in [7, 11) is 0. The smallest absolute Gasteiger partial charge is 0.265 e. The van der Waals surface area contributed by atoms with Crippen molar-refractivity contribution in [3.05, 3.63) is 28.0 Å². The molecule has 23 heavy (non-hydrogen) atoms. The van der Waals surface area contributed by atoms with Crippen molar-refractivity contribution in [2.24, 2.45) is 0 Å². The number of hydrogen-bond acceptors (Lipinski definition) is 4. The molecule has 0 spiro atoms. The third-order valence-corrected chi connectivity index (χ3v) is 4.80. The van der Waals surface area contributed by atoms with Crippen LogP contribution in [0.1, 0.15) is 51.0 Å². The van der Waals surface area contributed by atoms with Crippen LogP contribution >= 0.6 is 23.6 Å². The lowest BCUT2D eigenvalue weighted by atomic mass is 10.1. The van der Waals surface area contributed by atoms with Crippen LogP contribution in [0.5, 0.6) is 0 Å². The van der Waals surface area contributed by atoms with Crippen molar-refractivity contribution in [1.82, 2.24) is 10.2 Å². The maximum atomic E-state index is 12.6. The van der Waals surface area contributed by atoms with Gasteiger partial charge in [0.2, 0.25) is 0 Å². The van der Waals surface area contributed by atoms with Gasteiger partial charge in [-0.1, -0.05) is 39.0 Å². The summed E-state index contributed by atoms with van der Waals surface area (Å²) in [5, 5.41) is 6.65. The van der Waals surface area contributed by atoms with Gasteiger partial charge in [0, 0.05) is 6.54 Å². The number of rotatable bonds is 8. The van der Waals surface area contributed by atoms with E-state index in [2.05, 4.69) is 12.2 Å². The van der Waals surface area contributed by atoms with Crippen LogP contribution in [0.3, 0.4) is 0 Å². The molecule has 1 aliphatic rings. The van der Waals surface area contributed by atoms with Gasteiger partial charge in [0.25, 0.3) is 11.8 Å². The molecule has 1 aromatic heterocycles. The first-order valence-corrected chi connectivity index (χ1v) is 9.39. The third-order valence-electron chi connectivity index (χ3n) is 3.78. The molecule has 124 valence electrons. The standard InChI is InChI=1S/C17H22N2O2S2/c1-2-3-4-5-6-7-9-19-16(21)14(15(20)18-17(19)22)11-13-8-10-23-12-13/h8,10-12H,2-7,9H2,1H3,(H,18,20,22). The second-order valence-electron chi connectivity index (χ2n) is 5.60. The van der Waals surface area contributed by atoms with Gasteiger partial charge >= 0.3 is 0 Å². The molecule has 0 atom stereocenters. The first-order chi connectivity index (χ1) is 11.1. The van der Waals surface area contributed by atoms with Crippen molar-refractivity contribution in [3.63, 3.8) is 0 Å². The van der Waals surface area contributed by atoms with E-state index in [1.807, 2.05) is 16.8 Å². The maximum Gasteiger partial charge on any atom is 0.265 e. The molecule has 0 saturated carbocycles. The maximum absolute atomic E-state index is 12.6. The quantitative estimate of drug-likeness (QED) is 0.336. The van der Waals surface area contributed by atoms with Crippen LogP contribution in [0.25, 0.3) is 6.08 Å². The molecular weight excluding hydrogens is 328 g/mol. The fourth-order valence-electron chi connectivity index (χ4n) is 2.47. The first kappa shape index (κ1) is 17.8. The van der Waals surface area contributed by atoms with Crippen molar-refractivity contribution in [2.45, 2.75) is 45.4 Å². The Hall–Kier alpha value is -1.53. The van der Waals surface area contributed by atoms with Crippen LogP contribution in [-0.4, -0.2) is 28.4 Å². The second-order valence-corrected chi connectivity index (χ2v) is 6.77. The summed E-state index contributed by atoms with van der Waals surface area (Å²) in [5.41, 5.74) is 1.02. The predicted octanol–water partition coefficient (Wildman–Crippen LogP) is 3.74. The number of amides is 2. The van der Waals surface area contributed by atoms with E-state index >= 15 is 0 Å². The highest BCUT2D eigenvalue weighted by atomic mass is 32.1. The number of nitrogens with one attached hydrogen (secondary N) is 1. The molecule has 2 amide bonds. The number of hydrogen-bond donors (Lipinski definition) is 1. The summed E-state index contributed by atoms with van der Waals surface area (Å²) in [5.74, 6) is -0.705. The Balaban J connectivity index is 1.95. The summed E-state index contributed by atoms with van der Waals surface area (Å²) in [6, 6.07) is 1.88. The fourth-order valence-corrected chi connectivity index (χ4v) is 3.36. The lowest BCUT2D eigenvalue weighted by Gasteiger charge is -2.28. The number of carbonyl (C=O) groups excluding carboxylic acids is 2. The predicted molar refractivity (Wildman–Crippen MR) is 98.1 cm³/mol. The van der Waals surface area contributed by atoms with Crippen LogP contribution in [0.4, 0.5) is 0 Å². The summed E-state index contributed by atoms with van der Waals surface area (Å²) in [6.45, 7) is 2.75. The van der Waals surface area contributed by atoms with Gasteiger partial charge in [0.05, 0.1) is 0 Å². The summed E-state index contributed by atoms with van der Waals surface area (Å²) in [4.78, 5) is 26.1. The summed E-state index contributed by atoms with van der Waals surface area (Å²) in [6.07, 6.45) is 8.48. The van der Waals surface area contributed by atoms with E-state index in [0.717, 1.165) is 18.4 Å². The van der Waals surface area contributed by atoms with Crippen LogP contribution < -0.4 is 5.32 Å². The average Bonchev–Trinajstić information content (AvgIpc) is 3.03. The molecule has 0 unspecified atom stereocenters. The molecule has 2 heterocycles. The Morgan fingerprint density at radius 2 is 1.96 bits per heavy atom. The number of carbonyl (C=O) groups is 2. The molecule has 1 aliphatic heterocycles. The van der Waals surface area contributed by atoms with Crippen LogP contribution in [-0.2, 0) is 9.59 Å². The van der Waals surface area contributed by atoms with Crippen molar-refractivity contribution >= 4 is 46.6 Å².